The van der Waals surface area contributed by atoms with Crippen LogP contribution in [0.4, 0.5) is 11.4 Å². The molecule has 1 aliphatic carbocycles. The Hall–Kier alpha value is -3.08. The molecule has 1 aliphatic heterocycles. The van der Waals surface area contributed by atoms with Crippen LogP contribution in [0.3, 0.4) is 0 Å². The van der Waals surface area contributed by atoms with E-state index in [0.29, 0.717) is 39.6 Å². The fourth-order valence-corrected chi connectivity index (χ4v) is 5.33. The van der Waals surface area contributed by atoms with Crippen LogP contribution >= 0.6 is 23.2 Å². The fourth-order valence-electron chi connectivity index (χ4n) is 4.81. The maximum absolute atomic E-state index is 13.4. The normalized spacial score (nSPS) is 18.8. The summed E-state index contributed by atoms with van der Waals surface area (Å²) < 4.78 is 0. The lowest BCUT2D eigenvalue weighted by molar-refractivity contribution is -0.118. The second-order valence-electron chi connectivity index (χ2n) is 9.66. The van der Waals surface area contributed by atoms with Crippen molar-refractivity contribution in [2.75, 3.05) is 10.6 Å². The Balaban J connectivity index is 1.63. The first-order chi connectivity index (χ1) is 16.2. The third-order valence-electron chi connectivity index (χ3n) is 6.39. The van der Waals surface area contributed by atoms with Gasteiger partial charge in [-0.2, -0.15) is 0 Å². The molecule has 1 unspecified atom stereocenters. The van der Waals surface area contributed by atoms with E-state index in [1.54, 1.807) is 30.3 Å². The van der Waals surface area contributed by atoms with Crippen LogP contribution in [-0.2, 0) is 4.79 Å². The topological polar surface area (TPSA) is 58.2 Å². The number of ketones is 2. The van der Waals surface area contributed by atoms with Gasteiger partial charge in [0.1, 0.15) is 0 Å². The Kier molecular flexibility index (Phi) is 5.75. The highest BCUT2D eigenvalue weighted by Gasteiger charge is 2.39. The number of benzene rings is 3. The average molecular weight is 491 g/mol. The third-order valence-corrected chi connectivity index (χ3v) is 6.95. The molecule has 0 saturated heterocycles. The number of hydrogen-bond donors (Lipinski definition) is 2. The molecule has 3 aromatic carbocycles. The molecular weight excluding hydrogens is 467 g/mol. The van der Waals surface area contributed by atoms with E-state index >= 15 is 0 Å². The molecular formula is C28H24Cl2N2O2. The van der Waals surface area contributed by atoms with E-state index in [2.05, 4.69) is 24.5 Å². The summed E-state index contributed by atoms with van der Waals surface area (Å²) in [5.74, 6) is 0.0247. The lowest BCUT2D eigenvalue weighted by Gasteiger charge is -2.34. The summed E-state index contributed by atoms with van der Waals surface area (Å²) in [4.78, 5) is 26.5. The van der Waals surface area contributed by atoms with Gasteiger partial charge in [0.25, 0.3) is 0 Å². The minimum atomic E-state index is -0.437. The second-order valence-corrected chi connectivity index (χ2v) is 10.5. The van der Waals surface area contributed by atoms with Gasteiger partial charge in [0.05, 0.1) is 17.4 Å². The van der Waals surface area contributed by atoms with Gasteiger partial charge in [-0.15, -0.1) is 0 Å². The minimum Gasteiger partial charge on any atom is -0.372 e. The number of carbonyl (C=O) groups excluding carboxylic acids is 2. The smallest absolute Gasteiger partial charge is 0.193 e. The van der Waals surface area contributed by atoms with Gasteiger partial charge in [-0.05, 0) is 47.7 Å². The summed E-state index contributed by atoms with van der Waals surface area (Å²) >= 11 is 12.7. The molecule has 0 spiro atoms. The van der Waals surface area contributed by atoms with Gasteiger partial charge in [-0.25, -0.2) is 0 Å². The van der Waals surface area contributed by atoms with Gasteiger partial charge in [-0.1, -0.05) is 73.4 Å². The van der Waals surface area contributed by atoms with Gasteiger partial charge in [-0.3, -0.25) is 9.59 Å². The van der Waals surface area contributed by atoms with Crippen LogP contribution in [-0.4, -0.2) is 11.6 Å². The molecule has 0 saturated carbocycles. The SMILES string of the molecule is CC1(C)CC(=O)C2=C(C1)Nc1cc(C(=O)c3ccccc3)ccc1NC2c1ccc(Cl)cc1Cl. The van der Waals surface area contributed by atoms with E-state index in [0.717, 1.165) is 22.6 Å². The molecule has 0 aromatic heterocycles. The monoisotopic (exact) mass is 490 g/mol. The molecule has 0 radical (unpaired) electrons. The van der Waals surface area contributed by atoms with Crippen LogP contribution in [0.25, 0.3) is 0 Å². The number of halogens is 2. The Bertz CT molecular complexity index is 1350. The first kappa shape index (κ1) is 22.7. The lowest BCUT2D eigenvalue weighted by Crippen LogP contribution is -2.31. The van der Waals surface area contributed by atoms with Gasteiger partial charge < -0.3 is 10.6 Å². The van der Waals surface area contributed by atoms with Crippen molar-refractivity contribution in [1.82, 2.24) is 0 Å². The predicted octanol–water partition coefficient (Wildman–Crippen LogP) is 7.45. The highest BCUT2D eigenvalue weighted by atomic mass is 35.5. The first-order valence-corrected chi connectivity index (χ1v) is 12.0. The van der Waals surface area contributed by atoms with Crippen molar-refractivity contribution >= 4 is 46.1 Å². The molecule has 0 bridgehead atoms. The molecule has 172 valence electrons. The Labute approximate surface area is 209 Å². The number of fused-ring (bicyclic) bond motifs is 1. The highest BCUT2D eigenvalue weighted by molar-refractivity contribution is 6.35. The van der Waals surface area contributed by atoms with Gasteiger partial charge >= 0.3 is 0 Å². The number of rotatable bonds is 3. The summed E-state index contributed by atoms with van der Waals surface area (Å²) in [7, 11) is 0. The average Bonchev–Trinajstić information content (AvgIpc) is 2.94. The molecule has 1 heterocycles. The molecule has 1 atom stereocenters. The van der Waals surface area contributed by atoms with Crippen molar-refractivity contribution < 1.29 is 9.59 Å². The zero-order chi connectivity index (χ0) is 24.0. The summed E-state index contributed by atoms with van der Waals surface area (Å²) in [5.41, 5.74) is 4.89. The quantitative estimate of drug-likeness (QED) is 0.374. The van der Waals surface area contributed by atoms with Crippen molar-refractivity contribution in [3.05, 3.63) is 105 Å². The molecule has 0 fully saturated rings. The van der Waals surface area contributed by atoms with Crippen LogP contribution in [0.1, 0.15) is 54.2 Å². The van der Waals surface area contributed by atoms with Gasteiger partial charge in [0.15, 0.2) is 11.6 Å². The molecule has 2 N–H and O–H groups in total. The van der Waals surface area contributed by atoms with Crippen molar-refractivity contribution in [2.24, 2.45) is 5.41 Å². The molecule has 0 amide bonds. The van der Waals surface area contributed by atoms with E-state index in [9.17, 15) is 9.59 Å². The molecule has 6 heteroatoms. The van der Waals surface area contributed by atoms with E-state index in [1.807, 2.05) is 36.4 Å². The predicted molar refractivity (Wildman–Crippen MR) is 138 cm³/mol. The van der Waals surface area contributed by atoms with Crippen molar-refractivity contribution in [1.29, 1.82) is 0 Å². The largest absolute Gasteiger partial charge is 0.372 e. The second kappa shape index (κ2) is 8.61. The number of hydrogen-bond acceptors (Lipinski definition) is 4. The maximum atomic E-state index is 13.4. The summed E-state index contributed by atoms with van der Waals surface area (Å²) in [5, 5.41) is 8.05. The third kappa shape index (κ3) is 4.24. The van der Waals surface area contributed by atoms with E-state index < -0.39 is 6.04 Å². The number of allylic oxidation sites excluding steroid dienone is 1. The van der Waals surface area contributed by atoms with Crippen LogP contribution in [0.5, 0.6) is 0 Å². The summed E-state index contributed by atoms with van der Waals surface area (Å²) in [6.07, 6.45) is 1.15. The Morgan fingerprint density at radius 3 is 2.41 bits per heavy atom. The zero-order valence-electron chi connectivity index (χ0n) is 18.9. The molecule has 5 rings (SSSR count). The van der Waals surface area contributed by atoms with Gasteiger partial charge in [0, 0.05) is 38.9 Å². The Morgan fingerprint density at radius 2 is 1.68 bits per heavy atom. The van der Waals surface area contributed by atoms with E-state index in [4.69, 9.17) is 23.2 Å². The fraction of sp³-hybridized carbons (Fsp3) is 0.214. The Morgan fingerprint density at radius 1 is 0.912 bits per heavy atom. The summed E-state index contributed by atoms with van der Waals surface area (Å²) in [6, 6.07) is 19.6. The van der Waals surface area contributed by atoms with Crippen LogP contribution in [0, 0.1) is 5.41 Å². The van der Waals surface area contributed by atoms with E-state index in [-0.39, 0.29) is 17.0 Å². The zero-order valence-corrected chi connectivity index (χ0v) is 20.4. The maximum Gasteiger partial charge on any atom is 0.193 e. The van der Waals surface area contributed by atoms with Crippen LogP contribution in [0.2, 0.25) is 10.0 Å². The molecule has 2 aliphatic rings. The first-order valence-electron chi connectivity index (χ1n) is 11.2. The number of carbonyl (C=O) groups is 2. The molecule has 34 heavy (non-hydrogen) atoms. The van der Waals surface area contributed by atoms with Crippen LogP contribution < -0.4 is 10.6 Å². The van der Waals surface area contributed by atoms with Crippen molar-refractivity contribution in [2.45, 2.75) is 32.7 Å². The summed E-state index contributed by atoms with van der Waals surface area (Å²) in [6.45, 7) is 4.18. The van der Waals surface area contributed by atoms with E-state index in [1.165, 1.54) is 0 Å². The number of nitrogens with one attached hydrogen (secondary N) is 2. The molecule has 4 nitrogen and oxygen atoms in total. The van der Waals surface area contributed by atoms with Crippen molar-refractivity contribution in [3.8, 4) is 0 Å². The van der Waals surface area contributed by atoms with Crippen LogP contribution in [0.15, 0.2) is 78.0 Å². The minimum absolute atomic E-state index is 0.0546. The lowest BCUT2D eigenvalue weighted by atomic mass is 9.73. The van der Waals surface area contributed by atoms with Gasteiger partial charge in [0.2, 0.25) is 0 Å². The standard InChI is InChI=1S/C28H24Cl2N2O2/c1-28(2)14-23-25(24(33)15-28)26(19-10-9-18(29)13-20(19)30)32-21-11-8-17(12-22(21)31-23)27(34)16-6-4-3-5-7-16/h3-13,26,31-32H,14-15H2,1-2H3. The van der Waals surface area contributed by atoms with Crippen molar-refractivity contribution in [3.63, 3.8) is 0 Å². The number of Topliss-reactive ketones (excluding diaryl/α,β-unsaturated/α-hetero) is 1. The molecule has 3 aromatic rings. The number of anilines is 2. The highest BCUT2D eigenvalue weighted by Crippen LogP contribution is 2.46.